The molecule has 0 aromatic heterocycles. The lowest BCUT2D eigenvalue weighted by atomic mass is 10.1. The number of benzene rings is 3. The quantitative estimate of drug-likeness (QED) is 0.386. The molecule has 30 heavy (non-hydrogen) atoms. The minimum absolute atomic E-state index is 0.124. The van der Waals surface area contributed by atoms with Gasteiger partial charge in [-0.25, -0.2) is 0 Å². The minimum Gasteiger partial charge on any atom is -0.485 e. The Morgan fingerprint density at radius 1 is 1.07 bits per heavy atom. The third-order valence-corrected chi connectivity index (χ3v) is 5.15. The molecule has 0 amide bonds. The number of aryl methyl sites for hydroxylation is 1. The first kappa shape index (κ1) is 19.9. The normalized spacial score (nSPS) is 13.8. The zero-order valence-electron chi connectivity index (χ0n) is 16.6. The number of ether oxygens (including phenoxy) is 2. The van der Waals surface area contributed by atoms with Gasteiger partial charge in [0, 0.05) is 16.1 Å². The van der Waals surface area contributed by atoms with Gasteiger partial charge in [-0.15, -0.1) is 0 Å². The van der Waals surface area contributed by atoms with Gasteiger partial charge in [-0.05, 0) is 61.9 Å². The van der Waals surface area contributed by atoms with Crippen LogP contribution in [0.1, 0.15) is 37.4 Å². The average molecular weight is 419 g/mol. The SMILES string of the molecule is Cc1cccc(/C=C2\Oc3c(ccc(OCC(=O)c4ccc(Cl)cc4)c3C)C2=O)c1. The van der Waals surface area contributed by atoms with E-state index < -0.39 is 0 Å². The first-order valence-corrected chi connectivity index (χ1v) is 9.86. The summed E-state index contributed by atoms with van der Waals surface area (Å²) in [4.78, 5) is 25.1. The Balaban J connectivity index is 1.53. The van der Waals surface area contributed by atoms with Crippen molar-refractivity contribution in [3.05, 3.63) is 99.3 Å². The smallest absolute Gasteiger partial charge is 0.231 e. The number of rotatable bonds is 5. The largest absolute Gasteiger partial charge is 0.485 e. The first-order valence-electron chi connectivity index (χ1n) is 9.48. The molecule has 150 valence electrons. The molecular formula is C25H19ClO4. The van der Waals surface area contributed by atoms with E-state index in [0.717, 1.165) is 11.1 Å². The van der Waals surface area contributed by atoms with Crippen LogP contribution in [0.2, 0.25) is 5.02 Å². The first-order chi connectivity index (χ1) is 14.4. The van der Waals surface area contributed by atoms with Gasteiger partial charge in [-0.1, -0.05) is 41.4 Å². The number of Topliss-reactive ketones (excluding diaryl/α,β-unsaturated/α-hetero) is 2. The molecule has 1 aliphatic rings. The summed E-state index contributed by atoms with van der Waals surface area (Å²) >= 11 is 5.86. The average Bonchev–Trinajstić information content (AvgIpc) is 3.04. The molecule has 0 aliphatic carbocycles. The van der Waals surface area contributed by atoms with E-state index in [-0.39, 0.29) is 23.9 Å². The molecule has 5 heteroatoms. The summed E-state index contributed by atoms with van der Waals surface area (Å²) in [5.74, 6) is 0.908. The Hall–Kier alpha value is -3.37. The summed E-state index contributed by atoms with van der Waals surface area (Å²) in [6.45, 7) is 3.68. The second-order valence-electron chi connectivity index (χ2n) is 7.14. The van der Waals surface area contributed by atoms with Gasteiger partial charge in [0.15, 0.2) is 18.1 Å². The van der Waals surface area contributed by atoms with Crippen molar-refractivity contribution >= 4 is 29.2 Å². The van der Waals surface area contributed by atoms with E-state index in [1.165, 1.54) is 0 Å². The van der Waals surface area contributed by atoms with Gasteiger partial charge >= 0.3 is 0 Å². The van der Waals surface area contributed by atoms with Gasteiger partial charge in [0.25, 0.3) is 0 Å². The topological polar surface area (TPSA) is 52.6 Å². The molecule has 3 aromatic rings. The van der Waals surface area contributed by atoms with Crippen LogP contribution in [0.4, 0.5) is 0 Å². The highest BCUT2D eigenvalue weighted by Crippen LogP contribution is 2.39. The molecule has 4 rings (SSSR count). The van der Waals surface area contributed by atoms with Crippen LogP contribution in [-0.4, -0.2) is 18.2 Å². The van der Waals surface area contributed by atoms with Gasteiger partial charge in [-0.2, -0.15) is 0 Å². The maximum Gasteiger partial charge on any atom is 0.231 e. The molecule has 0 unspecified atom stereocenters. The van der Waals surface area contributed by atoms with Crippen LogP contribution < -0.4 is 9.47 Å². The maximum atomic E-state index is 12.7. The number of hydrogen-bond donors (Lipinski definition) is 0. The van der Waals surface area contributed by atoms with Crippen LogP contribution in [0.5, 0.6) is 11.5 Å². The molecule has 1 heterocycles. The van der Waals surface area contributed by atoms with Gasteiger partial charge in [0.05, 0.1) is 5.56 Å². The predicted octanol–water partition coefficient (Wildman–Crippen LogP) is 5.83. The van der Waals surface area contributed by atoms with Crippen LogP contribution in [0.3, 0.4) is 0 Å². The third-order valence-electron chi connectivity index (χ3n) is 4.90. The molecule has 0 saturated heterocycles. The lowest BCUT2D eigenvalue weighted by Crippen LogP contribution is -2.12. The van der Waals surface area contributed by atoms with Crippen molar-refractivity contribution in [2.45, 2.75) is 13.8 Å². The monoisotopic (exact) mass is 418 g/mol. The van der Waals surface area contributed by atoms with Crippen LogP contribution in [0, 0.1) is 13.8 Å². The molecule has 0 N–H and O–H groups in total. The van der Waals surface area contributed by atoms with E-state index >= 15 is 0 Å². The van der Waals surface area contributed by atoms with Crippen molar-refractivity contribution in [1.82, 2.24) is 0 Å². The second kappa shape index (κ2) is 8.17. The number of carbonyl (C=O) groups excluding carboxylic acids is 2. The predicted molar refractivity (Wildman–Crippen MR) is 117 cm³/mol. The summed E-state index contributed by atoms with van der Waals surface area (Å²) in [6, 6.07) is 17.8. The van der Waals surface area contributed by atoms with E-state index in [0.29, 0.717) is 33.2 Å². The fraction of sp³-hybridized carbons (Fsp3) is 0.120. The number of allylic oxidation sites excluding steroid dienone is 1. The Labute approximate surface area is 179 Å². The minimum atomic E-state index is -0.168. The number of carbonyl (C=O) groups is 2. The summed E-state index contributed by atoms with van der Waals surface area (Å²) in [6.07, 6.45) is 1.74. The fourth-order valence-electron chi connectivity index (χ4n) is 3.30. The van der Waals surface area contributed by atoms with E-state index in [9.17, 15) is 9.59 Å². The van der Waals surface area contributed by atoms with E-state index in [1.54, 1.807) is 42.5 Å². The second-order valence-corrected chi connectivity index (χ2v) is 7.57. The standard InChI is InChI=1S/C25H19ClO4/c1-15-4-3-5-17(12-15)13-23-24(28)20-10-11-22(16(2)25(20)30-23)29-14-21(27)18-6-8-19(26)9-7-18/h3-13H,14H2,1-2H3/b23-13-. The Kier molecular flexibility index (Phi) is 5.42. The number of halogens is 1. The maximum absolute atomic E-state index is 12.7. The fourth-order valence-corrected chi connectivity index (χ4v) is 3.42. The summed E-state index contributed by atoms with van der Waals surface area (Å²) in [5, 5.41) is 0.568. The van der Waals surface area contributed by atoms with Crippen LogP contribution in [0.15, 0.2) is 66.4 Å². The molecule has 0 fully saturated rings. The Morgan fingerprint density at radius 2 is 1.83 bits per heavy atom. The highest BCUT2D eigenvalue weighted by atomic mass is 35.5. The highest BCUT2D eigenvalue weighted by molar-refractivity contribution is 6.30. The lowest BCUT2D eigenvalue weighted by Gasteiger charge is -2.11. The van der Waals surface area contributed by atoms with E-state index in [4.69, 9.17) is 21.1 Å². The number of ketones is 2. The third kappa shape index (κ3) is 4.00. The Morgan fingerprint density at radius 3 is 2.57 bits per heavy atom. The highest BCUT2D eigenvalue weighted by Gasteiger charge is 2.30. The van der Waals surface area contributed by atoms with Gasteiger partial charge in [-0.3, -0.25) is 9.59 Å². The number of fused-ring (bicyclic) bond motifs is 1. The van der Waals surface area contributed by atoms with Crippen molar-refractivity contribution in [1.29, 1.82) is 0 Å². The van der Waals surface area contributed by atoms with E-state index in [1.807, 2.05) is 38.1 Å². The molecule has 0 atom stereocenters. The molecule has 4 nitrogen and oxygen atoms in total. The van der Waals surface area contributed by atoms with Gasteiger partial charge in [0.2, 0.25) is 5.78 Å². The van der Waals surface area contributed by atoms with Crippen LogP contribution in [0.25, 0.3) is 6.08 Å². The molecule has 0 bridgehead atoms. The summed E-state index contributed by atoms with van der Waals surface area (Å²) in [5.41, 5.74) is 3.69. The number of hydrogen-bond acceptors (Lipinski definition) is 4. The molecule has 3 aromatic carbocycles. The Bertz CT molecular complexity index is 1180. The lowest BCUT2D eigenvalue weighted by molar-refractivity contribution is 0.0920. The van der Waals surface area contributed by atoms with Crippen LogP contribution >= 0.6 is 11.6 Å². The van der Waals surface area contributed by atoms with Crippen molar-refractivity contribution in [2.24, 2.45) is 0 Å². The molecule has 1 aliphatic heterocycles. The molecule has 0 saturated carbocycles. The van der Waals surface area contributed by atoms with Crippen molar-refractivity contribution in [3.8, 4) is 11.5 Å². The van der Waals surface area contributed by atoms with Crippen molar-refractivity contribution in [2.75, 3.05) is 6.61 Å². The van der Waals surface area contributed by atoms with E-state index in [2.05, 4.69) is 0 Å². The van der Waals surface area contributed by atoms with Crippen molar-refractivity contribution < 1.29 is 19.1 Å². The molecule has 0 radical (unpaired) electrons. The van der Waals surface area contributed by atoms with Crippen molar-refractivity contribution in [3.63, 3.8) is 0 Å². The summed E-state index contributed by atoms with van der Waals surface area (Å²) in [7, 11) is 0. The van der Waals surface area contributed by atoms with Gasteiger partial charge in [0.1, 0.15) is 11.5 Å². The summed E-state index contributed by atoms with van der Waals surface area (Å²) < 4.78 is 11.6. The molecule has 0 spiro atoms. The zero-order chi connectivity index (χ0) is 21.3. The molecular weight excluding hydrogens is 400 g/mol. The van der Waals surface area contributed by atoms with Gasteiger partial charge < -0.3 is 9.47 Å². The zero-order valence-corrected chi connectivity index (χ0v) is 17.3. The van der Waals surface area contributed by atoms with Crippen LogP contribution in [-0.2, 0) is 0 Å².